The molecule has 17 heavy (non-hydrogen) atoms. The molecule has 1 aromatic rings. The molecule has 1 saturated heterocycles. The van der Waals surface area contributed by atoms with Crippen LogP contribution < -0.4 is 5.32 Å². The predicted octanol–water partition coefficient (Wildman–Crippen LogP) is 3.28. The Balaban J connectivity index is 1.76. The minimum absolute atomic E-state index is 0.197. The van der Waals surface area contributed by atoms with Crippen molar-refractivity contribution in [1.82, 2.24) is 5.32 Å². The van der Waals surface area contributed by atoms with E-state index in [9.17, 15) is 0 Å². The molecule has 92 valence electrons. The standard InChI is InChI=1S/C14H18BrNO/c1-9-14(11-4-6-12(15)7-5-11)17-13(8-16-9)10-2-3-10/h4-7,9-10,13-14,16H,2-3,8H2,1H3. The van der Waals surface area contributed by atoms with Crippen LogP contribution in [-0.2, 0) is 4.74 Å². The van der Waals surface area contributed by atoms with E-state index in [2.05, 4.69) is 52.4 Å². The number of rotatable bonds is 2. The second-order valence-electron chi connectivity index (χ2n) is 5.18. The molecule has 1 aliphatic heterocycles. The minimum Gasteiger partial charge on any atom is -0.367 e. The van der Waals surface area contributed by atoms with Gasteiger partial charge in [-0.05, 0) is 43.4 Å². The topological polar surface area (TPSA) is 21.3 Å². The number of halogens is 1. The maximum absolute atomic E-state index is 6.27. The molecule has 0 radical (unpaired) electrons. The highest BCUT2D eigenvalue weighted by molar-refractivity contribution is 9.10. The van der Waals surface area contributed by atoms with E-state index in [-0.39, 0.29) is 6.10 Å². The molecule has 0 aromatic heterocycles. The van der Waals surface area contributed by atoms with Crippen LogP contribution in [0.4, 0.5) is 0 Å². The van der Waals surface area contributed by atoms with Crippen molar-refractivity contribution < 1.29 is 4.74 Å². The van der Waals surface area contributed by atoms with Gasteiger partial charge < -0.3 is 10.1 Å². The Labute approximate surface area is 111 Å². The minimum atomic E-state index is 0.197. The number of hydrogen-bond acceptors (Lipinski definition) is 2. The van der Waals surface area contributed by atoms with Gasteiger partial charge in [-0.1, -0.05) is 28.1 Å². The molecule has 1 aromatic carbocycles. The molecule has 1 saturated carbocycles. The Morgan fingerprint density at radius 3 is 2.59 bits per heavy atom. The highest BCUT2D eigenvalue weighted by Crippen LogP contribution is 2.39. The van der Waals surface area contributed by atoms with Crippen molar-refractivity contribution >= 4 is 15.9 Å². The number of nitrogens with one attached hydrogen (secondary N) is 1. The first kappa shape index (κ1) is 11.7. The van der Waals surface area contributed by atoms with Gasteiger partial charge in [-0.15, -0.1) is 0 Å². The van der Waals surface area contributed by atoms with E-state index in [0.717, 1.165) is 16.9 Å². The van der Waals surface area contributed by atoms with E-state index in [1.807, 2.05) is 0 Å². The molecule has 0 bridgehead atoms. The largest absolute Gasteiger partial charge is 0.367 e. The van der Waals surface area contributed by atoms with Gasteiger partial charge in [0.25, 0.3) is 0 Å². The van der Waals surface area contributed by atoms with Crippen LogP contribution in [0.15, 0.2) is 28.7 Å². The average Bonchev–Trinajstić information content (AvgIpc) is 3.15. The molecule has 2 nitrogen and oxygen atoms in total. The van der Waals surface area contributed by atoms with Crippen molar-refractivity contribution in [2.24, 2.45) is 5.92 Å². The summed E-state index contributed by atoms with van der Waals surface area (Å²) in [4.78, 5) is 0. The number of ether oxygens (including phenoxy) is 1. The summed E-state index contributed by atoms with van der Waals surface area (Å²) in [5, 5.41) is 3.58. The smallest absolute Gasteiger partial charge is 0.0979 e. The van der Waals surface area contributed by atoms with Crippen LogP contribution in [0, 0.1) is 5.92 Å². The highest BCUT2D eigenvalue weighted by atomic mass is 79.9. The average molecular weight is 296 g/mol. The summed E-state index contributed by atoms with van der Waals surface area (Å²) in [6, 6.07) is 8.88. The molecule has 3 atom stereocenters. The lowest BCUT2D eigenvalue weighted by atomic mass is 10.00. The van der Waals surface area contributed by atoms with Gasteiger partial charge in [0.1, 0.15) is 0 Å². The van der Waals surface area contributed by atoms with Crippen LogP contribution >= 0.6 is 15.9 Å². The maximum Gasteiger partial charge on any atom is 0.0979 e. The fourth-order valence-corrected chi connectivity index (χ4v) is 2.79. The van der Waals surface area contributed by atoms with Gasteiger partial charge in [-0.25, -0.2) is 0 Å². The van der Waals surface area contributed by atoms with Crippen LogP contribution in [0.2, 0.25) is 0 Å². The Hall–Kier alpha value is -0.380. The van der Waals surface area contributed by atoms with Gasteiger partial charge in [-0.3, -0.25) is 0 Å². The Kier molecular flexibility index (Phi) is 3.24. The van der Waals surface area contributed by atoms with Crippen LogP contribution in [0.5, 0.6) is 0 Å². The zero-order valence-electron chi connectivity index (χ0n) is 10.0. The number of hydrogen-bond donors (Lipinski definition) is 1. The molecule has 2 aliphatic rings. The molecule has 0 amide bonds. The van der Waals surface area contributed by atoms with E-state index in [1.54, 1.807) is 0 Å². The van der Waals surface area contributed by atoms with E-state index in [1.165, 1.54) is 18.4 Å². The van der Waals surface area contributed by atoms with Crippen molar-refractivity contribution in [3.63, 3.8) is 0 Å². The summed E-state index contributed by atoms with van der Waals surface area (Å²) in [7, 11) is 0. The molecular formula is C14H18BrNO. The molecule has 0 spiro atoms. The SMILES string of the molecule is CC1NCC(C2CC2)OC1c1ccc(Br)cc1. The Bertz CT molecular complexity index is 388. The fraction of sp³-hybridized carbons (Fsp3) is 0.571. The van der Waals surface area contributed by atoms with E-state index in [4.69, 9.17) is 4.74 Å². The third-order valence-electron chi connectivity index (χ3n) is 3.76. The summed E-state index contributed by atoms with van der Waals surface area (Å²) in [5.74, 6) is 0.799. The van der Waals surface area contributed by atoms with Gasteiger partial charge in [0, 0.05) is 17.1 Å². The molecule has 1 aliphatic carbocycles. The van der Waals surface area contributed by atoms with Crippen molar-refractivity contribution in [2.75, 3.05) is 6.54 Å². The monoisotopic (exact) mass is 295 g/mol. The predicted molar refractivity (Wildman–Crippen MR) is 71.9 cm³/mol. The third-order valence-corrected chi connectivity index (χ3v) is 4.29. The van der Waals surface area contributed by atoms with E-state index >= 15 is 0 Å². The fourth-order valence-electron chi connectivity index (χ4n) is 2.53. The molecule has 1 N–H and O–H groups in total. The van der Waals surface area contributed by atoms with Gasteiger partial charge in [-0.2, -0.15) is 0 Å². The van der Waals surface area contributed by atoms with Crippen LogP contribution in [0.25, 0.3) is 0 Å². The lowest BCUT2D eigenvalue weighted by Crippen LogP contribution is -2.47. The maximum atomic E-state index is 6.27. The quantitative estimate of drug-likeness (QED) is 0.904. The van der Waals surface area contributed by atoms with E-state index in [0.29, 0.717) is 12.1 Å². The van der Waals surface area contributed by atoms with Gasteiger partial charge in [0.15, 0.2) is 0 Å². The zero-order valence-corrected chi connectivity index (χ0v) is 11.6. The number of benzene rings is 1. The zero-order chi connectivity index (χ0) is 11.8. The first-order chi connectivity index (χ1) is 8.24. The molecule has 2 fully saturated rings. The first-order valence-electron chi connectivity index (χ1n) is 6.38. The van der Waals surface area contributed by atoms with Gasteiger partial charge >= 0.3 is 0 Å². The van der Waals surface area contributed by atoms with E-state index < -0.39 is 0 Å². The molecular weight excluding hydrogens is 278 g/mol. The van der Waals surface area contributed by atoms with Crippen LogP contribution in [0.3, 0.4) is 0 Å². The first-order valence-corrected chi connectivity index (χ1v) is 7.17. The van der Waals surface area contributed by atoms with Crippen molar-refractivity contribution in [3.8, 4) is 0 Å². The third kappa shape index (κ3) is 2.56. The molecule has 3 rings (SSSR count). The summed E-state index contributed by atoms with van der Waals surface area (Å²) in [5.41, 5.74) is 1.28. The van der Waals surface area contributed by atoms with Crippen LogP contribution in [0.1, 0.15) is 31.4 Å². The van der Waals surface area contributed by atoms with Crippen molar-refractivity contribution in [3.05, 3.63) is 34.3 Å². The molecule has 3 unspecified atom stereocenters. The summed E-state index contributed by atoms with van der Waals surface area (Å²) in [6.07, 6.45) is 3.30. The number of morpholine rings is 1. The van der Waals surface area contributed by atoms with Gasteiger partial charge in [0.2, 0.25) is 0 Å². The van der Waals surface area contributed by atoms with Crippen molar-refractivity contribution in [2.45, 2.75) is 38.0 Å². The van der Waals surface area contributed by atoms with Crippen LogP contribution in [-0.4, -0.2) is 18.7 Å². The summed E-state index contributed by atoms with van der Waals surface area (Å²) >= 11 is 3.47. The Morgan fingerprint density at radius 1 is 1.24 bits per heavy atom. The van der Waals surface area contributed by atoms with Gasteiger partial charge in [0.05, 0.1) is 12.2 Å². The lowest BCUT2D eigenvalue weighted by Gasteiger charge is -2.36. The van der Waals surface area contributed by atoms with Crippen molar-refractivity contribution in [1.29, 1.82) is 0 Å². The molecule has 3 heteroatoms. The highest BCUT2D eigenvalue weighted by Gasteiger charge is 2.38. The normalized spacial score (nSPS) is 33.6. The summed E-state index contributed by atoms with van der Waals surface area (Å²) < 4.78 is 7.39. The molecule has 1 heterocycles. The second kappa shape index (κ2) is 4.71. The summed E-state index contributed by atoms with van der Waals surface area (Å²) in [6.45, 7) is 3.22. The lowest BCUT2D eigenvalue weighted by molar-refractivity contribution is -0.0707. The Morgan fingerprint density at radius 2 is 1.94 bits per heavy atom. The second-order valence-corrected chi connectivity index (χ2v) is 6.10.